The Kier molecular flexibility index (Phi) is 4.45. The van der Waals surface area contributed by atoms with E-state index < -0.39 is 11.6 Å². The first-order valence-corrected chi connectivity index (χ1v) is 10.0. The lowest BCUT2D eigenvalue weighted by molar-refractivity contribution is -0.132. The largest absolute Gasteiger partial charge is 0.341 e. The van der Waals surface area contributed by atoms with Gasteiger partial charge in [0.05, 0.1) is 11.0 Å². The van der Waals surface area contributed by atoms with Crippen LogP contribution in [-0.4, -0.2) is 47.0 Å². The number of aromatic amines is 1. The number of rotatable bonds is 3. The highest BCUT2D eigenvalue weighted by Gasteiger charge is 2.46. The van der Waals surface area contributed by atoms with Crippen LogP contribution in [0.3, 0.4) is 0 Å². The zero-order valence-corrected chi connectivity index (χ0v) is 15.9. The van der Waals surface area contributed by atoms with E-state index in [2.05, 4.69) is 14.9 Å². The Morgan fingerprint density at radius 3 is 2.72 bits per heavy atom. The third-order valence-corrected chi connectivity index (χ3v) is 5.96. The number of amides is 1. The highest BCUT2D eigenvalue weighted by Crippen LogP contribution is 2.48. The van der Waals surface area contributed by atoms with Crippen LogP contribution in [0.2, 0.25) is 0 Å². The summed E-state index contributed by atoms with van der Waals surface area (Å²) < 4.78 is 26.7. The number of aromatic nitrogens is 2. The first-order chi connectivity index (χ1) is 14.1. The van der Waals surface area contributed by atoms with Crippen LogP contribution >= 0.6 is 0 Å². The Labute approximate surface area is 167 Å². The topological polar surface area (TPSA) is 52.2 Å². The number of carbonyl (C=O) groups excluding carboxylic acids is 1. The molecule has 2 aromatic carbocycles. The molecule has 1 saturated heterocycles. The molecule has 7 heteroatoms. The summed E-state index contributed by atoms with van der Waals surface area (Å²) in [5, 5.41) is 0. The van der Waals surface area contributed by atoms with E-state index in [0.29, 0.717) is 31.6 Å². The fraction of sp³-hybridized carbons (Fsp3) is 0.364. The molecule has 1 aliphatic heterocycles. The van der Waals surface area contributed by atoms with Crippen molar-refractivity contribution in [2.45, 2.75) is 18.8 Å². The summed E-state index contributed by atoms with van der Waals surface area (Å²) >= 11 is 0. The Morgan fingerprint density at radius 2 is 1.90 bits per heavy atom. The molecule has 2 heterocycles. The van der Waals surface area contributed by atoms with Gasteiger partial charge < -0.3 is 14.8 Å². The molecule has 1 amide bonds. The molecular weight excluding hydrogens is 374 g/mol. The summed E-state index contributed by atoms with van der Waals surface area (Å²) in [6.07, 6.45) is 1.57. The number of H-pyrrole nitrogens is 1. The Morgan fingerprint density at radius 1 is 1.03 bits per heavy atom. The Bertz CT molecular complexity index is 1030. The molecule has 5 nitrogen and oxygen atoms in total. The number of nitrogens with zero attached hydrogens (tertiary/aromatic N) is 3. The van der Waals surface area contributed by atoms with Crippen molar-refractivity contribution in [3.05, 3.63) is 59.7 Å². The first kappa shape index (κ1) is 18.1. The van der Waals surface area contributed by atoms with Gasteiger partial charge >= 0.3 is 0 Å². The van der Waals surface area contributed by atoms with Crippen molar-refractivity contribution in [2.24, 2.45) is 5.92 Å². The number of benzene rings is 2. The van der Waals surface area contributed by atoms with Gasteiger partial charge in [-0.15, -0.1) is 0 Å². The van der Waals surface area contributed by atoms with Gasteiger partial charge in [-0.3, -0.25) is 4.79 Å². The van der Waals surface area contributed by atoms with E-state index in [-0.39, 0.29) is 17.7 Å². The minimum Gasteiger partial charge on any atom is -0.341 e. The van der Waals surface area contributed by atoms with E-state index in [0.717, 1.165) is 36.0 Å². The Balaban J connectivity index is 1.24. The molecule has 2 unspecified atom stereocenters. The van der Waals surface area contributed by atoms with Crippen LogP contribution in [0.1, 0.15) is 24.3 Å². The molecule has 2 aliphatic rings. The highest BCUT2D eigenvalue weighted by molar-refractivity contribution is 5.83. The molecule has 5 rings (SSSR count). The molecule has 150 valence electrons. The van der Waals surface area contributed by atoms with Crippen LogP contribution in [-0.2, 0) is 4.79 Å². The number of halogens is 2. The monoisotopic (exact) mass is 396 g/mol. The number of carbonyl (C=O) groups is 1. The lowest BCUT2D eigenvalue weighted by atomic mass is 10.1. The second-order valence-corrected chi connectivity index (χ2v) is 7.87. The number of para-hydroxylation sites is 2. The van der Waals surface area contributed by atoms with E-state index in [9.17, 15) is 13.6 Å². The van der Waals surface area contributed by atoms with E-state index in [4.69, 9.17) is 0 Å². The second-order valence-electron chi connectivity index (χ2n) is 7.87. The molecule has 2 atom stereocenters. The lowest BCUT2D eigenvalue weighted by Gasteiger charge is -2.22. The molecule has 1 aromatic heterocycles. The van der Waals surface area contributed by atoms with Crippen LogP contribution in [0, 0.1) is 17.6 Å². The highest BCUT2D eigenvalue weighted by atomic mass is 19.2. The number of anilines is 1. The summed E-state index contributed by atoms with van der Waals surface area (Å²) in [5.41, 5.74) is 2.65. The van der Waals surface area contributed by atoms with Crippen molar-refractivity contribution in [1.29, 1.82) is 0 Å². The molecule has 0 radical (unpaired) electrons. The first-order valence-electron chi connectivity index (χ1n) is 10.0. The zero-order chi connectivity index (χ0) is 20.0. The van der Waals surface area contributed by atoms with Gasteiger partial charge in [-0.1, -0.05) is 18.2 Å². The fourth-order valence-electron chi connectivity index (χ4n) is 4.25. The summed E-state index contributed by atoms with van der Waals surface area (Å²) in [4.78, 5) is 25.1. The van der Waals surface area contributed by atoms with Crippen LogP contribution in [0.5, 0.6) is 0 Å². The van der Waals surface area contributed by atoms with Gasteiger partial charge in [-0.2, -0.15) is 0 Å². The Hall–Kier alpha value is -2.96. The lowest BCUT2D eigenvalue weighted by Crippen LogP contribution is -2.36. The van der Waals surface area contributed by atoms with Crippen molar-refractivity contribution in [3.8, 4) is 0 Å². The molecule has 2 fully saturated rings. The van der Waals surface area contributed by atoms with Gasteiger partial charge in [-0.05, 0) is 48.6 Å². The van der Waals surface area contributed by atoms with Gasteiger partial charge in [0.25, 0.3) is 0 Å². The van der Waals surface area contributed by atoms with Crippen molar-refractivity contribution in [1.82, 2.24) is 14.9 Å². The molecule has 1 aliphatic carbocycles. The quantitative estimate of drug-likeness (QED) is 0.735. The maximum atomic E-state index is 13.5. The van der Waals surface area contributed by atoms with E-state index in [1.54, 1.807) is 6.07 Å². The number of hydrogen-bond donors (Lipinski definition) is 1. The van der Waals surface area contributed by atoms with E-state index in [1.165, 1.54) is 6.07 Å². The van der Waals surface area contributed by atoms with Gasteiger partial charge in [0.15, 0.2) is 11.6 Å². The van der Waals surface area contributed by atoms with Crippen LogP contribution in [0.25, 0.3) is 11.0 Å². The van der Waals surface area contributed by atoms with Gasteiger partial charge in [0, 0.05) is 32.1 Å². The average Bonchev–Trinajstić information content (AvgIpc) is 3.46. The smallest absolute Gasteiger partial charge is 0.226 e. The summed E-state index contributed by atoms with van der Waals surface area (Å²) in [7, 11) is 0. The minimum absolute atomic E-state index is 0.00710. The minimum atomic E-state index is -0.851. The number of imidazole rings is 1. The normalized spacial score (nSPS) is 22.0. The molecule has 0 bridgehead atoms. The fourth-order valence-corrected chi connectivity index (χ4v) is 4.25. The third kappa shape index (κ3) is 3.45. The van der Waals surface area contributed by atoms with E-state index >= 15 is 0 Å². The maximum absolute atomic E-state index is 13.5. The van der Waals surface area contributed by atoms with Gasteiger partial charge in [-0.25, -0.2) is 13.8 Å². The molecule has 0 spiro atoms. The van der Waals surface area contributed by atoms with Gasteiger partial charge in [0.1, 0.15) is 0 Å². The van der Waals surface area contributed by atoms with E-state index in [1.807, 2.05) is 29.2 Å². The SMILES string of the molecule is O=C(C1CC1c1ccc(F)c(F)c1)N1CCCN(c2nc3ccccc3[nH]2)CC1. The third-order valence-electron chi connectivity index (χ3n) is 5.96. The molecule has 3 aromatic rings. The summed E-state index contributed by atoms with van der Waals surface area (Å²) in [5.74, 6) is -0.880. The predicted octanol–water partition coefficient (Wildman–Crippen LogP) is 3.68. The second kappa shape index (κ2) is 7.13. The van der Waals surface area contributed by atoms with Crippen LogP contribution < -0.4 is 4.90 Å². The standard InChI is InChI=1S/C22H22F2N4O/c23-17-7-6-14(12-18(17)24)15-13-16(15)21(29)27-8-3-9-28(11-10-27)22-25-19-4-1-2-5-20(19)26-22/h1-2,4-7,12,15-16H,3,8-11,13H2,(H,25,26). The molecule has 1 saturated carbocycles. The van der Waals surface area contributed by atoms with Gasteiger partial charge in [0.2, 0.25) is 11.9 Å². The summed E-state index contributed by atoms with van der Waals surface area (Å²) in [6.45, 7) is 2.89. The van der Waals surface area contributed by atoms with Crippen molar-refractivity contribution >= 4 is 22.9 Å². The average molecular weight is 396 g/mol. The van der Waals surface area contributed by atoms with Crippen molar-refractivity contribution < 1.29 is 13.6 Å². The maximum Gasteiger partial charge on any atom is 0.226 e. The molecular formula is C22H22F2N4O. The molecule has 1 N–H and O–H groups in total. The van der Waals surface area contributed by atoms with Crippen LogP contribution in [0.4, 0.5) is 14.7 Å². The number of fused-ring (bicyclic) bond motifs is 1. The van der Waals surface area contributed by atoms with Crippen molar-refractivity contribution in [3.63, 3.8) is 0 Å². The molecule has 29 heavy (non-hydrogen) atoms. The summed E-state index contributed by atoms with van der Waals surface area (Å²) in [6, 6.07) is 11.9. The predicted molar refractivity (Wildman–Crippen MR) is 107 cm³/mol. The van der Waals surface area contributed by atoms with Crippen molar-refractivity contribution in [2.75, 3.05) is 31.1 Å². The number of hydrogen-bond acceptors (Lipinski definition) is 3. The zero-order valence-electron chi connectivity index (χ0n) is 15.9. The number of nitrogens with one attached hydrogen (secondary N) is 1. The van der Waals surface area contributed by atoms with Crippen LogP contribution in [0.15, 0.2) is 42.5 Å².